The van der Waals surface area contributed by atoms with E-state index in [1.165, 1.54) is 17.0 Å². The van der Waals surface area contributed by atoms with E-state index in [4.69, 9.17) is 16.3 Å². The third-order valence-electron chi connectivity index (χ3n) is 3.91. The minimum absolute atomic E-state index is 0.0588. The van der Waals surface area contributed by atoms with Crippen LogP contribution < -0.4 is 9.64 Å². The maximum absolute atomic E-state index is 13.3. The SMILES string of the molecule is O=C(c1ccc(F)cc1Cl)N1C=C2CC=CN=C2Oc2ccccc21. The molecule has 0 N–H and O–H groups in total. The number of carbonyl (C=O) groups is 1. The van der Waals surface area contributed by atoms with Gasteiger partial charge in [0.15, 0.2) is 5.75 Å². The zero-order valence-corrected chi connectivity index (χ0v) is 13.7. The third kappa shape index (κ3) is 2.83. The Morgan fingerprint density at radius 1 is 1.24 bits per heavy atom. The van der Waals surface area contributed by atoms with Gasteiger partial charge in [-0.15, -0.1) is 0 Å². The van der Waals surface area contributed by atoms with E-state index in [0.717, 1.165) is 11.6 Å². The van der Waals surface area contributed by atoms with Crippen LogP contribution in [0.5, 0.6) is 5.75 Å². The first-order valence-electron chi connectivity index (χ1n) is 7.63. The van der Waals surface area contributed by atoms with E-state index in [-0.39, 0.29) is 16.5 Å². The van der Waals surface area contributed by atoms with Crippen LogP contribution in [-0.4, -0.2) is 11.8 Å². The molecule has 0 bridgehead atoms. The summed E-state index contributed by atoms with van der Waals surface area (Å²) in [6.07, 6.45) is 5.83. The lowest BCUT2D eigenvalue weighted by Crippen LogP contribution is -2.26. The van der Waals surface area contributed by atoms with Gasteiger partial charge in [0.05, 0.1) is 16.3 Å². The largest absolute Gasteiger partial charge is 0.436 e. The number of fused-ring (bicyclic) bond motifs is 2. The van der Waals surface area contributed by atoms with Crippen LogP contribution in [-0.2, 0) is 0 Å². The van der Waals surface area contributed by atoms with Crippen LogP contribution in [0.1, 0.15) is 16.8 Å². The van der Waals surface area contributed by atoms with E-state index in [1.807, 2.05) is 18.2 Å². The molecule has 4 nitrogen and oxygen atoms in total. The molecule has 0 fully saturated rings. The quantitative estimate of drug-likeness (QED) is 0.743. The molecule has 2 aliphatic heterocycles. The van der Waals surface area contributed by atoms with Crippen LogP contribution in [0.2, 0.25) is 5.02 Å². The Bertz CT molecular complexity index is 966. The summed E-state index contributed by atoms with van der Waals surface area (Å²) in [7, 11) is 0. The maximum Gasteiger partial charge on any atom is 0.263 e. The summed E-state index contributed by atoms with van der Waals surface area (Å²) in [5, 5.41) is 0.0588. The summed E-state index contributed by atoms with van der Waals surface area (Å²) in [5.41, 5.74) is 1.55. The Morgan fingerprint density at radius 3 is 2.92 bits per heavy atom. The minimum Gasteiger partial charge on any atom is -0.436 e. The van der Waals surface area contributed by atoms with E-state index < -0.39 is 5.82 Å². The molecule has 0 aliphatic carbocycles. The molecule has 0 atom stereocenters. The van der Waals surface area contributed by atoms with Gasteiger partial charge in [-0.3, -0.25) is 9.69 Å². The van der Waals surface area contributed by atoms with Crippen LogP contribution in [0, 0.1) is 5.82 Å². The number of aliphatic imine (C=N–C) groups is 1. The predicted molar refractivity (Wildman–Crippen MR) is 94.6 cm³/mol. The smallest absolute Gasteiger partial charge is 0.263 e. The molecule has 124 valence electrons. The van der Waals surface area contributed by atoms with Gasteiger partial charge in [0.1, 0.15) is 5.82 Å². The van der Waals surface area contributed by atoms with Gasteiger partial charge in [-0.05, 0) is 36.8 Å². The standard InChI is InChI=1S/C19H12ClFN2O2/c20-15-10-13(21)7-8-14(15)19(24)23-11-12-4-3-9-22-18(12)25-17-6-2-1-5-16(17)23/h1-3,5-11H,4H2. The highest BCUT2D eigenvalue weighted by Gasteiger charge is 2.27. The fourth-order valence-corrected chi connectivity index (χ4v) is 2.95. The normalized spacial score (nSPS) is 15.4. The molecule has 2 aromatic carbocycles. The molecule has 0 unspecified atom stereocenters. The molecular formula is C19H12ClFN2O2. The Morgan fingerprint density at radius 2 is 2.08 bits per heavy atom. The van der Waals surface area contributed by atoms with Crippen molar-refractivity contribution in [3.05, 3.63) is 82.9 Å². The lowest BCUT2D eigenvalue weighted by molar-refractivity contribution is 0.0997. The summed E-state index contributed by atoms with van der Waals surface area (Å²) in [5.74, 6) is 0.0977. The van der Waals surface area contributed by atoms with E-state index in [9.17, 15) is 9.18 Å². The van der Waals surface area contributed by atoms with Crippen molar-refractivity contribution in [1.82, 2.24) is 0 Å². The number of ether oxygens (including phenoxy) is 1. The number of hydrogen-bond donors (Lipinski definition) is 0. The Kier molecular flexibility index (Phi) is 3.86. The van der Waals surface area contributed by atoms with E-state index >= 15 is 0 Å². The first-order valence-corrected chi connectivity index (χ1v) is 8.00. The number of allylic oxidation sites excluding steroid dienone is 1. The summed E-state index contributed by atoms with van der Waals surface area (Å²) < 4.78 is 19.2. The van der Waals surface area contributed by atoms with E-state index in [1.54, 1.807) is 24.5 Å². The van der Waals surface area contributed by atoms with Crippen molar-refractivity contribution in [2.45, 2.75) is 6.42 Å². The number of amides is 1. The number of carbonyl (C=O) groups excluding carboxylic acids is 1. The number of nitrogens with zero attached hydrogens (tertiary/aromatic N) is 2. The van der Waals surface area contributed by atoms with Crippen molar-refractivity contribution in [2.75, 3.05) is 4.90 Å². The zero-order valence-electron chi connectivity index (χ0n) is 12.9. The maximum atomic E-state index is 13.3. The van der Waals surface area contributed by atoms with Gasteiger partial charge in [0, 0.05) is 18.0 Å². The van der Waals surface area contributed by atoms with Crippen LogP contribution in [0.3, 0.4) is 0 Å². The molecule has 0 aromatic heterocycles. The topological polar surface area (TPSA) is 41.9 Å². The van der Waals surface area contributed by atoms with Gasteiger partial charge < -0.3 is 4.74 Å². The lowest BCUT2D eigenvalue weighted by atomic mass is 10.1. The molecule has 2 heterocycles. The zero-order chi connectivity index (χ0) is 17.4. The number of halogens is 2. The molecule has 0 spiro atoms. The van der Waals surface area contributed by atoms with E-state index in [2.05, 4.69) is 4.99 Å². The second kappa shape index (κ2) is 6.18. The van der Waals surface area contributed by atoms with Crippen LogP contribution in [0.15, 0.2) is 71.5 Å². The van der Waals surface area contributed by atoms with Crippen molar-refractivity contribution in [1.29, 1.82) is 0 Å². The molecular weight excluding hydrogens is 343 g/mol. The lowest BCUT2D eigenvalue weighted by Gasteiger charge is -2.19. The fraction of sp³-hybridized carbons (Fsp3) is 0.0526. The van der Waals surface area contributed by atoms with E-state index in [0.29, 0.717) is 23.8 Å². The van der Waals surface area contributed by atoms with Crippen LogP contribution in [0.4, 0.5) is 10.1 Å². The number of hydrogen-bond acceptors (Lipinski definition) is 3. The Hall–Kier alpha value is -2.92. The molecule has 2 aromatic rings. The fourth-order valence-electron chi connectivity index (χ4n) is 2.70. The Labute approximate surface area is 148 Å². The highest BCUT2D eigenvalue weighted by Crippen LogP contribution is 2.35. The van der Waals surface area contributed by atoms with Gasteiger partial charge in [-0.1, -0.05) is 29.8 Å². The molecule has 0 saturated heterocycles. The minimum atomic E-state index is -0.494. The molecule has 0 saturated carbocycles. The predicted octanol–water partition coefficient (Wildman–Crippen LogP) is 4.72. The van der Waals surface area contributed by atoms with Crippen molar-refractivity contribution < 1.29 is 13.9 Å². The first kappa shape index (κ1) is 15.6. The summed E-state index contributed by atoms with van der Waals surface area (Å²) >= 11 is 6.07. The monoisotopic (exact) mass is 354 g/mol. The van der Waals surface area contributed by atoms with Crippen LogP contribution >= 0.6 is 11.6 Å². The third-order valence-corrected chi connectivity index (χ3v) is 4.22. The van der Waals surface area contributed by atoms with Gasteiger partial charge in [-0.25, -0.2) is 9.38 Å². The second-order valence-electron chi connectivity index (χ2n) is 5.55. The van der Waals surface area contributed by atoms with Crippen molar-refractivity contribution in [2.24, 2.45) is 4.99 Å². The second-order valence-corrected chi connectivity index (χ2v) is 5.95. The molecule has 1 amide bonds. The van der Waals surface area contributed by atoms with Gasteiger partial charge in [0.25, 0.3) is 5.91 Å². The van der Waals surface area contributed by atoms with Crippen LogP contribution in [0.25, 0.3) is 0 Å². The number of anilines is 1. The number of rotatable bonds is 1. The average Bonchev–Trinajstić information content (AvgIpc) is 2.78. The summed E-state index contributed by atoms with van der Waals surface area (Å²) in [6.45, 7) is 0. The first-order chi connectivity index (χ1) is 12.1. The van der Waals surface area contributed by atoms with Crippen molar-refractivity contribution in [3.63, 3.8) is 0 Å². The molecule has 6 heteroatoms. The highest BCUT2D eigenvalue weighted by molar-refractivity contribution is 6.34. The molecule has 4 rings (SSSR count). The Balaban J connectivity index is 1.85. The molecule has 0 radical (unpaired) electrons. The summed E-state index contributed by atoms with van der Waals surface area (Å²) in [4.78, 5) is 18.8. The van der Waals surface area contributed by atoms with Gasteiger partial charge >= 0.3 is 0 Å². The molecule has 2 aliphatic rings. The average molecular weight is 355 g/mol. The number of benzene rings is 2. The van der Waals surface area contributed by atoms with Gasteiger partial charge in [0.2, 0.25) is 5.90 Å². The summed E-state index contributed by atoms with van der Waals surface area (Å²) in [6, 6.07) is 10.9. The highest BCUT2D eigenvalue weighted by atomic mass is 35.5. The number of para-hydroxylation sites is 2. The van der Waals surface area contributed by atoms with Crippen molar-refractivity contribution in [3.8, 4) is 5.75 Å². The molecule has 25 heavy (non-hydrogen) atoms. The van der Waals surface area contributed by atoms with Gasteiger partial charge in [-0.2, -0.15) is 0 Å². The van der Waals surface area contributed by atoms with Crippen molar-refractivity contribution >= 4 is 29.1 Å².